The summed E-state index contributed by atoms with van der Waals surface area (Å²) < 4.78 is 9.31. The molecule has 0 aliphatic heterocycles. The Morgan fingerprint density at radius 1 is 0.727 bits per heavy atom. The molecular formula is C18H34O4. The molecule has 0 amide bonds. The quantitative estimate of drug-likeness (QED) is 0.346. The normalized spacial score (nSPS) is 12.0. The maximum Gasteiger partial charge on any atom is 0.305 e. The highest BCUT2D eigenvalue weighted by Gasteiger charge is 2.09. The Morgan fingerprint density at radius 3 is 1.77 bits per heavy atom. The van der Waals surface area contributed by atoms with E-state index in [1.54, 1.807) is 0 Å². The van der Waals surface area contributed by atoms with Gasteiger partial charge in [-0.3, -0.25) is 9.59 Å². The molecule has 4 heteroatoms. The number of methoxy groups -OCH3 is 2. The molecule has 130 valence electrons. The molecule has 0 fully saturated rings. The lowest BCUT2D eigenvalue weighted by molar-refractivity contribution is -0.141. The molecular weight excluding hydrogens is 280 g/mol. The second-order valence-corrected chi connectivity index (χ2v) is 5.98. The number of rotatable bonds is 14. The van der Waals surface area contributed by atoms with Gasteiger partial charge in [-0.05, 0) is 18.8 Å². The number of carbonyl (C=O) groups is 2. The maximum absolute atomic E-state index is 11.1. The van der Waals surface area contributed by atoms with Crippen molar-refractivity contribution in [2.24, 2.45) is 5.92 Å². The molecule has 1 atom stereocenters. The van der Waals surface area contributed by atoms with Crippen molar-refractivity contribution in [3.63, 3.8) is 0 Å². The van der Waals surface area contributed by atoms with Gasteiger partial charge in [0, 0.05) is 12.8 Å². The van der Waals surface area contributed by atoms with E-state index in [1.165, 1.54) is 52.7 Å². The molecule has 0 heterocycles. The summed E-state index contributed by atoms with van der Waals surface area (Å²) in [7, 11) is 2.89. The summed E-state index contributed by atoms with van der Waals surface area (Å²) in [4.78, 5) is 22.1. The first kappa shape index (κ1) is 20.9. The lowest BCUT2D eigenvalue weighted by Gasteiger charge is -2.13. The molecule has 0 spiro atoms. The van der Waals surface area contributed by atoms with E-state index < -0.39 is 0 Å². The van der Waals surface area contributed by atoms with Crippen molar-refractivity contribution in [3.8, 4) is 0 Å². The van der Waals surface area contributed by atoms with E-state index >= 15 is 0 Å². The molecule has 0 aromatic rings. The number of hydrogen-bond acceptors (Lipinski definition) is 4. The number of carbonyl (C=O) groups excluding carboxylic acids is 2. The number of hydrogen-bond donors (Lipinski definition) is 0. The lowest BCUT2D eigenvalue weighted by atomic mass is 9.93. The van der Waals surface area contributed by atoms with E-state index in [2.05, 4.69) is 16.4 Å². The molecule has 0 saturated carbocycles. The van der Waals surface area contributed by atoms with Gasteiger partial charge in [-0.25, -0.2) is 0 Å². The first-order valence-corrected chi connectivity index (χ1v) is 8.77. The van der Waals surface area contributed by atoms with Crippen LogP contribution >= 0.6 is 0 Å². The molecule has 22 heavy (non-hydrogen) atoms. The van der Waals surface area contributed by atoms with Gasteiger partial charge < -0.3 is 9.47 Å². The first-order chi connectivity index (χ1) is 10.6. The smallest absolute Gasteiger partial charge is 0.305 e. The van der Waals surface area contributed by atoms with Crippen LogP contribution in [0.25, 0.3) is 0 Å². The molecule has 0 rings (SSSR count). The predicted octanol–water partition coefficient (Wildman–Crippen LogP) is 4.65. The van der Waals surface area contributed by atoms with Gasteiger partial charge >= 0.3 is 11.9 Å². The Morgan fingerprint density at radius 2 is 1.23 bits per heavy atom. The third-order valence-electron chi connectivity index (χ3n) is 4.28. The fraction of sp³-hybridized carbons (Fsp3) is 0.889. The van der Waals surface area contributed by atoms with Crippen LogP contribution in [0.4, 0.5) is 0 Å². The number of esters is 2. The van der Waals surface area contributed by atoms with Crippen LogP contribution in [0, 0.1) is 5.92 Å². The summed E-state index contributed by atoms with van der Waals surface area (Å²) in [5.41, 5.74) is 0. The van der Waals surface area contributed by atoms with Crippen molar-refractivity contribution in [2.45, 2.75) is 84.0 Å². The average Bonchev–Trinajstić information content (AvgIpc) is 2.55. The Labute approximate surface area is 135 Å². The second kappa shape index (κ2) is 14.9. The van der Waals surface area contributed by atoms with Crippen molar-refractivity contribution in [3.05, 3.63) is 0 Å². The minimum atomic E-state index is -0.0995. The third-order valence-corrected chi connectivity index (χ3v) is 4.28. The monoisotopic (exact) mass is 314 g/mol. The third kappa shape index (κ3) is 12.7. The highest BCUT2D eigenvalue weighted by Crippen LogP contribution is 2.20. The van der Waals surface area contributed by atoms with E-state index in [9.17, 15) is 9.59 Å². The van der Waals surface area contributed by atoms with Crippen LogP contribution in [-0.2, 0) is 19.1 Å². The standard InChI is InChI=1S/C18H34O4/c1-4-16(14-15-18(20)22-3)12-10-8-6-5-7-9-11-13-17(19)21-2/h16H,4-15H2,1-3H3. The molecule has 0 bridgehead atoms. The molecule has 0 radical (unpaired) electrons. The van der Waals surface area contributed by atoms with Crippen LogP contribution in [0.2, 0.25) is 0 Å². The van der Waals surface area contributed by atoms with Crippen LogP contribution in [0.5, 0.6) is 0 Å². The summed E-state index contributed by atoms with van der Waals surface area (Å²) in [6.07, 6.45) is 12.7. The summed E-state index contributed by atoms with van der Waals surface area (Å²) in [6.45, 7) is 2.20. The number of unbranched alkanes of at least 4 members (excludes halogenated alkanes) is 6. The molecule has 0 aliphatic carbocycles. The van der Waals surface area contributed by atoms with Crippen LogP contribution in [0.1, 0.15) is 84.0 Å². The summed E-state index contributed by atoms with van der Waals surface area (Å²) in [6, 6.07) is 0. The average molecular weight is 314 g/mol. The zero-order chi connectivity index (χ0) is 16.6. The largest absolute Gasteiger partial charge is 0.469 e. The van der Waals surface area contributed by atoms with Crippen LogP contribution in [0.3, 0.4) is 0 Å². The van der Waals surface area contributed by atoms with Gasteiger partial charge in [0.25, 0.3) is 0 Å². The van der Waals surface area contributed by atoms with Crippen molar-refractivity contribution >= 4 is 11.9 Å². The highest BCUT2D eigenvalue weighted by molar-refractivity contribution is 5.69. The predicted molar refractivity (Wildman–Crippen MR) is 88.6 cm³/mol. The Hall–Kier alpha value is -1.06. The van der Waals surface area contributed by atoms with Gasteiger partial charge in [0.2, 0.25) is 0 Å². The highest BCUT2D eigenvalue weighted by atomic mass is 16.5. The second-order valence-electron chi connectivity index (χ2n) is 5.98. The van der Waals surface area contributed by atoms with Crippen molar-refractivity contribution in [1.29, 1.82) is 0 Å². The van der Waals surface area contributed by atoms with Gasteiger partial charge in [0.05, 0.1) is 14.2 Å². The van der Waals surface area contributed by atoms with E-state index in [-0.39, 0.29) is 11.9 Å². The molecule has 0 aromatic heterocycles. The molecule has 0 aliphatic rings. The van der Waals surface area contributed by atoms with Crippen LogP contribution in [-0.4, -0.2) is 26.2 Å². The lowest BCUT2D eigenvalue weighted by Crippen LogP contribution is -2.06. The van der Waals surface area contributed by atoms with Crippen LogP contribution in [0.15, 0.2) is 0 Å². The number of ether oxygens (including phenoxy) is 2. The molecule has 1 unspecified atom stereocenters. The van der Waals surface area contributed by atoms with Gasteiger partial charge in [-0.1, -0.05) is 58.3 Å². The first-order valence-electron chi connectivity index (χ1n) is 8.77. The topological polar surface area (TPSA) is 52.6 Å². The zero-order valence-electron chi connectivity index (χ0n) is 14.7. The van der Waals surface area contributed by atoms with Gasteiger partial charge in [-0.2, -0.15) is 0 Å². The van der Waals surface area contributed by atoms with Crippen molar-refractivity contribution < 1.29 is 19.1 Å². The summed E-state index contributed by atoms with van der Waals surface area (Å²) in [5.74, 6) is 0.460. The van der Waals surface area contributed by atoms with Crippen molar-refractivity contribution in [1.82, 2.24) is 0 Å². The Balaban J connectivity index is 3.39. The summed E-state index contributed by atoms with van der Waals surface area (Å²) >= 11 is 0. The molecule has 0 saturated heterocycles. The minimum Gasteiger partial charge on any atom is -0.469 e. The molecule has 0 aromatic carbocycles. The molecule has 0 N–H and O–H groups in total. The summed E-state index contributed by atoms with van der Waals surface area (Å²) in [5, 5.41) is 0. The minimum absolute atomic E-state index is 0.0922. The SMILES string of the molecule is CCC(CCCCCCCCCC(=O)OC)CCC(=O)OC. The Kier molecular flexibility index (Phi) is 14.1. The molecule has 4 nitrogen and oxygen atoms in total. The fourth-order valence-corrected chi connectivity index (χ4v) is 2.66. The van der Waals surface area contributed by atoms with E-state index in [1.807, 2.05) is 0 Å². The van der Waals surface area contributed by atoms with Gasteiger partial charge in [0.1, 0.15) is 0 Å². The van der Waals surface area contributed by atoms with E-state index in [0.717, 1.165) is 25.7 Å². The van der Waals surface area contributed by atoms with Crippen LogP contribution < -0.4 is 0 Å². The zero-order valence-corrected chi connectivity index (χ0v) is 14.7. The fourth-order valence-electron chi connectivity index (χ4n) is 2.66. The van der Waals surface area contributed by atoms with E-state index in [0.29, 0.717) is 18.8 Å². The van der Waals surface area contributed by atoms with Crippen molar-refractivity contribution in [2.75, 3.05) is 14.2 Å². The Bertz CT molecular complexity index is 289. The van der Waals surface area contributed by atoms with Gasteiger partial charge in [0.15, 0.2) is 0 Å². The van der Waals surface area contributed by atoms with E-state index in [4.69, 9.17) is 0 Å². The maximum atomic E-state index is 11.1. The van der Waals surface area contributed by atoms with Gasteiger partial charge in [-0.15, -0.1) is 0 Å².